The van der Waals surface area contributed by atoms with Crippen LogP contribution in [0.4, 0.5) is 17.1 Å². The van der Waals surface area contributed by atoms with Crippen LogP contribution in [0.1, 0.15) is 0 Å². The Morgan fingerprint density at radius 1 is 0.344 bits per heavy atom. The summed E-state index contributed by atoms with van der Waals surface area (Å²) in [6.45, 7) is 0. The van der Waals surface area contributed by atoms with Gasteiger partial charge in [0.05, 0.1) is 16.8 Å². The fraction of sp³-hybridized carbons (Fsp3) is 0. The van der Waals surface area contributed by atoms with Gasteiger partial charge >= 0.3 is 0 Å². The van der Waals surface area contributed by atoms with E-state index >= 15 is 0 Å². The maximum Gasteiger partial charge on any atom is 0.137 e. The highest BCUT2D eigenvalue weighted by molar-refractivity contribution is 7.26. The van der Waals surface area contributed by atoms with Gasteiger partial charge in [0.15, 0.2) is 0 Å². The molecule has 0 spiro atoms. The van der Waals surface area contributed by atoms with E-state index in [1.807, 2.05) is 11.3 Å². The van der Waals surface area contributed by atoms with Crippen molar-refractivity contribution in [2.24, 2.45) is 0 Å². The van der Waals surface area contributed by atoms with Crippen LogP contribution in [-0.4, -0.2) is 0 Å². The molecule has 2 aromatic heterocycles. The highest BCUT2D eigenvalue weighted by Gasteiger charge is 2.24. The van der Waals surface area contributed by atoms with Gasteiger partial charge in [-0.3, -0.25) is 0 Å². The Balaban J connectivity index is 1.10. The number of nitrogens with zero attached hydrogens (tertiary/aromatic N) is 1. The van der Waals surface area contributed by atoms with E-state index in [2.05, 4.69) is 229 Å². The Morgan fingerprint density at radius 3 is 1.62 bits per heavy atom. The van der Waals surface area contributed by atoms with E-state index in [1.165, 1.54) is 69.9 Å². The molecule has 12 aromatic rings. The van der Waals surface area contributed by atoms with Gasteiger partial charge in [-0.15, -0.1) is 11.3 Å². The van der Waals surface area contributed by atoms with Crippen molar-refractivity contribution in [3.05, 3.63) is 224 Å². The first-order valence-corrected chi connectivity index (χ1v) is 21.6. The van der Waals surface area contributed by atoms with Crippen molar-refractivity contribution < 1.29 is 4.42 Å². The standard InChI is InChI=1S/C58H37NOS/c1-4-15-38(16-5-1)44-29-32-47-54(37-44)60-53-25-14-24-51(56(47)53)59(52-34-33-46(39-17-6-2-7-18-39)58-57(52)48-23-12-13-26-55(48)61-58)45-30-27-41(28-31-45)50-36-43-22-11-10-21-42(43)35-49(50)40-19-8-3-9-20-40/h1-37H. The van der Waals surface area contributed by atoms with Crippen LogP contribution in [0.3, 0.4) is 0 Å². The maximum atomic E-state index is 6.74. The molecule has 0 saturated heterocycles. The first-order chi connectivity index (χ1) is 30.2. The van der Waals surface area contributed by atoms with Crippen molar-refractivity contribution in [2.75, 3.05) is 4.90 Å². The lowest BCUT2D eigenvalue weighted by Gasteiger charge is -2.28. The molecule has 2 nitrogen and oxygen atoms in total. The summed E-state index contributed by atoms with van der Waals surface area (Å²) >= 11 is 1.87. The average molecular weight is 796 g/mol. The SMILES string of the molecule is c1ccc(-c2ccc3c(c2)oc2cccc(N(c4ccc(-c5cc6ccccc6cc5-c5ccccc5)cc4)c4ccc(-c5ccccc5)c5sc6ccccc6c45)c23)cc1. The minimum atomic E-state index is 0.857. The Kier molecular flexibility index (Phi) is 8.39. The molecule has 0 fully saturated rings. The Hall–Kier alpha value is -7.72. The van der Waals surface area contributed by atoms with Crippen LogP contribution in [0.25, 0.3) is 97.4 Å². The highest BCUT2D eigenvalue weighted by atomic mass is 32.1. The molecular weight excluding hydrogens is 759 g/mol. The van der Waals surface area contributed by atoms with Crippen LogP contribution >= 0.6 is 11.3 Å². The molecule has 0 N–H and O–H groups in total. The fourth-order valence-corrected chi connectivity index (χ4v) is 10.4. The number of anilines is 3. The molecular formula is C58H37NOS. The first-order valence-electron chi connectivity index (χ1n) is 20.7. The van der Waals surface area contributed by atoms with Crippen LogP contribution in [0.2, 0.25) is 0 Å². The van der Waals surface area contributed by atoms with Crippen molar-refractivity contribution >= 4 is 81.3 Å². The van der Waals surface area contributed by atoms with Gasteiger partial charge in [0, 0.05) is 31.2 Å². The van der Waals surface area contributed by atoms with Gasteiger partial charge in [0.2, 0.25) is 0 Å². The van der Waals surface area contributed by atoms with Gasteiger partial charge < -0.3 is 9.32 Å². The minimum Gasteiger partial charge on any atom is -0.456 e. The predicted molar refractivity (Wildman–Crippen MR) is 261 cm³/mol. The zero-order valence-electron chi connectivity index (χ0n) is 33.1. The molecule has 3 heteroatoms. The number of thiophene rings is 1. The van der Waals surface area contributed by atoms with Gasteiger partial charge in [0.1, 0.15) is 11.2 Å². The van der Waals surface area contributed by atoms with Crippen molar-refractivity contribution in [2.45, 2.75) is 0 Å². The van der Waals surface area contributed by atoms with E-state index in [0.717, 1.165) is 44.6 Å². The predicted octanol–water partition coefficient (Wildman–Crippen LogP) is 17.2. The summed E-state index contributed by atoms with van der Waals surface area (Å²) in [4.78, 5) is 2.46. The second-order valence-corrected chi connectivity index (χ2v) is 16.7. The van der Waals surface area contributed by atoms with Gasteiger partial charge in [-0.2, -0.15) is 0 Å². The summed E-state index contributed by atoms with van der Waals surface area (Å²) in [6, 6.07) is 81.1. The van der Waals surface area contributed by atoms with Crippen LogP contribution in [0.15, 0.2) is 229 Å². The summed E-state index contributed by atoms with van der Waals surface area (Å²) in [6.07, 6.45) is 0. The molecule has 0 aliphatic carbocycles. The Labute approximate surface area is 357 Å². The first kappa shape index (κ1) is 35.2. The topological polar surface area (TPSA) is 16.4 Å². The molecule has 0 bridgehead atoms. The van der Waals surface area contributed by atoms with Crippen LogP contribution in [0, 0.1) is 0 Å². The molecule has 0 aliphatic rings. The monoisotopic (exact) mass is 795 g/mol. The summed E-state index contributed by atoms with van der Waals surface area (Å²) in [5, 5.41) is 7.11. The molecule has 61 heavy (non-hydrogen) atoms. The number of furan rings is 1. The van der Waals surface area contributed by atoms with E-state index in [-0.39, 0.29) is 0 Å². The number of hydrogen-bond donors (Lipinski definition) is 0. The van der Waals surface area contributed by atoms with Gasteiger partial charge in [-0.1, -0.05) is 164 Å². The molecule has 0 radical (unpaired) electrons. The third-order valence-electron chi connectivity index (χ3n) is 12.1. The van der Waals surface area contributed by atoms with E-state index in [4.69, 9.17) is 4.42 Å². The second-order valence-electron chi connectivity index (χ2n) is 15.6. The summed E-state index contributed by atoms with van der Waals surface area (Å²) in [5.41, 5.74) is 14.5. The van der Waals surface area contributed by atoms with Crippen LogP contribution in [-0.2, 0) is 0 Å². The molecule has 0 atom stereocenters. The fourth-order valence-electron chi connectivity index (χ4n) is 9.18. The van der Waals surface area contributed by atoms with Crippen molar-refractivity contribution in [1.29, 1.82) is 0 Å². The van der Waals surface area contributed by atoms with Gasteiger partial charge in [-0.05, 0) is 116 Å². The van der Waals surface area contributed by atoms with Crippen LogP contribution in [0.5, 0.6) is 0 Å². The van der Waals surface area contributed by atoms with E-state index in [0.29, 0.717) is 0 Å². The molecule has 0 amide bonds. The van der Waals surface area contributed by atoms with Gasteiger partial charge in [0.25, 0.3) is 0 Å². The van der Waals surface area contributed by atoms with Crippen molar-refractivity contribution in [3.8, 4) is 44.5 Å². The number of rotatable bonds is 7. The normalized spacial score (nSPS) is 11.6. The number of hydrogen-bond acceptors (Lipinski definition) is 3. The third kappa shape index (κ3) is 6.01. The molecule has 0 unspecified atom stereocenters. The minimum absolute atomic E-state index is 0.857. The molecule has 12 rings (SSSR count). The Morgan fingerprint density at radius 2 is 0.918 bits per heavy atom. The zero-order chi connectivity index (χ0) is 40.3. The quantitative estimate of drug-likeness (QED) is 0.160. The maximum absolute atomic E-state index is 6.74. The third-order valence-corrected chi connectivity index (χ3v) is 13.3. The second kappa shape index (κ2) is 14.5. The molecule has 2 heterocycles. The number of benzene rings is 10. The van der Waals surface area contributed by atoms with Crippen LogP contribution < -0.4 is 4.90 Å². The van der Waals surface area contributed by atoms with Crippen molar-refractivity contribution in [3.63, 3.8) is 0 Å². The summed E-state index contributed by atoms with van der Waals surface area (Å²) < 4.78 is 9.28. The largest absolute Gasteiger partial charge is 0.456 e. The average Bonchev–Trinajstić information content (AvgIpc) is 3.92. The molecule has 10 aromatic carbocycles. The lowest BCUT2D eigenvalue weighted by molar-refractivity contribution is 0.669. The lowest BCUT2D eigenvalue weighted by Crippen LogP contribution is -2.11. The van der Waals surface area contributed by atoms with Crippen molar-refractivity contribution in [1.82, 2.24) is 0 Å². The van der Waals surface area contributed by atoms with E-state index in [1.54, 1.807) is 0 Å². The number of fused-ring (bicyclic) bond motifs is 7. The smallest absolute Gasteiger partial charge is 0.137 e. The van der Waals surface area contributed by atoms with E-state index in [9.17, 15) is 0 Å². The molecule has 0 aliphatic heterocycles. The van der Waals surface area contributed by atoms with Gasteiger partial charge in [-0.25, -0.2) is 0 Å². The lowest BCUT2D eigenvalue weighted by atomic mass is 9.91. The van der Waals surface area contributed by atoms with E-state index < -0.39 is 0 Å². The Bertz CT molecular complexity index is 3570. The summed E-state index contributed by atoms with van der Waals surface area (Å²) in [5.74, 6) is 0. The zero-order valence-corrected chi connectivity index (χ0v) is 33.9. The molecule has 0 saturated carbocycles. The highest BCUT2D eigenvalue weighted by Crippen LogP contribution is 2.51. The summed E-state index contributed by atoms with van der Waals surface area (Å²) in [7, 11) is 0. The molecule has 286 valence electrons.